The first kappa shape index (κ1) is 22.7. The molecule has 1 aliphatic heterocycles. The van der Waals surface area contributed by atoms with E-state index in [2.05, 4.69) is 53.1 Å². The van der Waals surface area contributed by atoms with E-state index >= 15 is 0 Å². The Bertz CT molecular complexity index is 1350. The Labute approximate surface area is 202 Å². The first-order chi connectivity index (χ1) is 16.5. The highest BCUT2D eigenvalue weighted by Crippen LogP contribution is 2.27. The number of benzene rings is 3. The number of aromatic nitrogens is 1. The Morgan fingerprint density at radius 3 is 2.24 bits per heavy atom. The molecule has 5 nitrogen and oxygen atoms in total. The fourth-order valence-electron chi connectivity index (χ4n) is 4.75. The molecule has 1 saturated heterocycles. The normalized spacial score (nSPS) is 15.1. The van der Waals surface area contributed by atoms with Crippen molar-refractivity contribution in [3.05, 3.63) is 96.2 Å². The zero-order valence-corrected chi connectivity index (χ0v) is 20.4. The topological polar surface area (TPSA) is 45.6 Å². The number of piperazine rings is 1. The molecule has 1 fully saturated rings. The summed E-state index contributed by atoms with van der Waals surface area (Å²) >= 11 is 0. The predicted octanol–water partition coefficient (Wildman–Crippen LogP) is 5.15. The van der Waals surface area contributed by atoms with Crippen LogP contribution in [0.3, 0.4) is 0 Å². The van der Waals surface area contributed by atoms with Crippen molar-refractivity contribution in [2.75, 3.05) is 31.1 Å². The molecular weight excluding hydrogens is 442 g/mol. The first-order valence-corrected chi connectivity index (χ1v) is 13.5. The molecule has 0 N–H and O–H groups in total. The van der Waals surface area contributed by atoms with Gasteiger partial charge in [-0.25, -0.2) is 12.4 Å². The van der Waals surface area contributed by atoms with Crippen LogP contribution >= 0.6 is 0 Å². The van der Waals surface area contributed by atoms with Crippen molar-refractivity contribution in [3.63, 3.8) is 0 Å². The van der Waals surface area contributed by atoms with Gasteiger partial charge in [-0.05, 0) is 53.9 Å². The minimum Gasteiger partial charge on any atom is -0.369 e. The van der Waals surface area contributed by atoms with Gasteiger partial charge in [0.1, 0.15) is 0 Å². The second kappa shape index (κ2) is 9.65. The van der Waals surface area contributed by atoms with Gasteiger partial charge in [-0.2, -0.15) is 0 Å². The van der Waals surface area contributed by atoms with Crippen molar-refractivity contribution in [2.24, 2.45) is 0 Å². The molecule has 2 heterocycles. The summed E-state index contributed by atoms with van der Waals surface area (Å²) in [5, 5.41) is 0.940. The molecule has 0 saturated carbocycles. The van der Waals surface area contributed by atoms with E-state index in [1.807, 2.05) is 30.3 Å². The summed E-state index contributed by atoms with van der Waals surface area (Å²) in [6.45, 7) is 7.04. The van der Waals surface area contributed by atoms with Gasteiger partial charge in [-0.1, -0.05) is 55.8 Å². The highest BCUT2D eigenvalue weighted by Gasteiger charge is 2.21. The Morgan fingerprint density at radius 1 is 0.794 bits per heavy atom. The van der Waals surface area contributed by atoms with Gasteiger partial charge in [0.15, 0.2) is 0 Å². The van der Waals surface area contributed by atoms with Crippen LogP contribution in [0.2, 0.25) is 0 Å². The second-order valence-electron chi connectivity index (χ2n) is 9.00. The fraction of sp³-hybridized carbons (Fsp3) is 0.286. The lowest BCUT2D eigenvalue weighted by Crippen LogP contribution is -2.45. The number of nitrogens with zero attached hydrogens (tertiary/aromatic N) is 3. The third-order valence-corrected chi connectivity index (χ3v) is 8.35. The average Bonchev–Trinajstić information content (AvgIpc) is 3.30. The molecule has 176 valence electrons. The molecule has 0 spiro atoms. The maximum absolute atomic E-state index is 13.3. The minimum absolute atomic E-state index is 0.323. The highest BCUT2D eigenvalue weighted by atomic mass is 32.2. The van der Waals surface area contributed by atoms with Crippen molar-refractivity contribution >= 4 is 26.6 Å². The number of fused-ring (bicyclic) bond motifs is 1. The number of rotatable bonds is 7. The summed E-state index contributed by atoms with van der Waals surface area (Å²) in [6.07, 6.45) is 3.66. The molecule has 0 atom stereocenters. The van der Waals surface area contributed by atoms with Gasteiger partial charge in [0.2, 0.25) is 0 Å². The molecule has 3 aromatic carbocycles. The standard InChI is InChI=1S/C28H31N3O2S/c1-2-6-23-9-12-27(13-10-23)34(32,33)31-16-15-25-21-26(11-14-28(25)31)30-19-17-29(18-20-30)22-24-7-4-3-5-8-24/h3-5,7-16,21H,2,6,17-20,22H2,1H3. The van der Waals surface area contributed by atoms with Crippen LogP contribution in [0, 0.1) is 0 Å². The molecule has 5 rings (SSSR count). The first-order valence-electron chi connectivity index (χ1n) is 12.0. The summed E-state index contributed by atoms with van der Waals surface area (Å²) in [5.74, 6) is 0. The lowest BCUT2D eigenvalue weighted by molar-refractivity contribution is 0.250. The third-order valence-electron chi connectivity index (χ3n) is 6.64. The molecule has 0 aliphatic carbocycles. The zero-order chi connectivity index (χ0) is 23.5. The van der Waals surface area contributed by atoms with E-state index in [1.54, 1.807) is 18.3 Å². The second-order valence-corrected chi connectivity index (χ2v) is 10.8. The van der Waals surface area contributed by atoms with Crippen LogP contribution in [-0.4, -0.2) is 43.5 Å². The molecule has 1 aliphatic rings. The predicted molar refractivity (Wildman–Crippen MR) is 139 cm³/mol. The Balaban J connectivity index is 1.31. The molecule has 0 radical (unpaired) electrons. The van der Waals surface area contributed by atoms with Crippen LogP contribution in [0.25, 0.3) is 10.9 Å². The minimum atomic E-state index is -3.63. The molecule has 34 heavy (non-hydrogen) atoms. The van der Waals surface area contributed by atoms with E-state index in [0.29, 0.717) is 10.4 Å². The van der Waals surface area contributed by atoms with Crippen LogP contribution in [0.4, 0.5) is 5.69 Å². The molecule has 1 aromatic heterocycles. The molecule has 6 heteroatoms. The van der Waals surface area contributed by atoms with Crippen molar-refractivity contribution in [2.45, 2.75) is 31.2 Å². The van der Waals surface area contributed by atoms with Gasteiger partial charge in [0, 0.05) is 50.0 Å². The maximum Gasteiger partial charge on any atom is 0.268 e. The maximum atomic E-state index is 13.3. The van der Waals surface area contributed by atoms with Gasteiger partial charge in [-0.3, -0.25) is 4.90 Å². The Kier molecular flexibility index (Phi) is 6.44. The van der Waals surface area contributed by atoms with Crippen molar-refractivity contribution in [1.82, 2.24) is 8.87 Å². The highest BCUT2D eigenvalue weighted by molar-refractivity contribution is 7.90. The summed E-state index contributed by atoms with van der Waals surface area (Å²) < 4.78 is 28.0. The van der Waals surface area contributed by atoms with Crippen LogP contribution in [-0.2, 0) is 23.0 Å². The summed E-state index contributed by atoms with van der Waals surface area (Å²) in [5.41, 5.74) is 4.36. The molecule has 0 bridgehead atoms. The lowest BCUT2D eigenvalue weighted by atomic mass is 10.1. The van der Waals surface area contributed by atoms with Gasteiger partial charge in [0.25, 0.3) is 10.0 Å². The molecule has 4 aromatic rings. The van der Waals surface area contributed by atoms with E-state index < -0.39 is 10.0 Å². The Hall–Kier alpha value is -3.09. The molecular formula is C28H31N3O2S. The zero-order valence-electron chi connectivity index (χ0n) is 19.6. The van der Waals surface area contributed by atoms with Crippen LogP contribution < -0.4 is 4.90 Å². The van der Waals surface area contributed by atoms with E-state index in [-0.39, 0.29) is 0 Å². The van der Waals surface area contributed by atoms with Crippen LogP contribution in [0.15, 0.2) is 90.0 Å². The van der Waals surface area contributed by atoms with Gasteiger partial charge in [-0.15, -0.1) is 0 Å². The lowest BCUT2D eigenvalue weighted by Gasteiger charge is -2.36. The van der Waals surface area contributed by atoms with E-state index in [1.165, 1.54) is 9.54 Å². The summed E-state index contributed by atoms with van der Waals surface area (Å²) in [7, 11) is -3.63. The van der Waals surface area contributed by atoms with Crippen LogP contribution in [0.5, 0.6) is 0 Å². The quantitative estimate of drug-likeness (QED) is 0.372. The number of anilines is 1. The van der Waals surface area contributed by atoms with Crippen LogP contribution in [0.1, 0.15) is 24.5 Å². The number of hydrogen-bond acceptors (Lipinski definition) is 4. The van der Waals surface area contributed by atoms with E-state index in [9.17, 15) is 8.42 Å². The Morgan fingerprint density at radius 2 is 1.53 bits per heavy atom. The number of hydrogen-bond donors (Lipinski definition) is 0. The molecule has 0 amide bonds. The van der Waals surface area contributed by atoms with Crippen molar-refractivity contribution < 1.29 is 8.42 Å². The van der Waals surface area contributed by atoms with Gasteiger partial charge >= 0.3 is 0 Å². The number of aryl methyl sites for hydroxylation is 1. The largest absolute Gasteiger partial charge is 0.369 e. The SMILES string of the molecule is CCCc1ccc(S(=O)(=O)n2ccc3cc(N4CCN(Cc5ccccc5)CC4)ccc32)cc1. The monoisotopic (exact) mass is 473 g/mol. The van der Waals surface area contributed by atoms with Crippen molar-refractivity contribution in [1.29, 1.82) is 0 Å². The van der Waals surface area contributed by atoms with Crippen molar-refractivity contribution in [3.8, 4) is 0 Å². The smallest absolute Gasteiger partial charge is 0.268 e. The van der Waals surface area contributed by atoms with E-state index in [4.69, 9.17) is 0 Å². The van der Waals surface area contributed by atoms with Gasteiger partial charge < -0.3 is 4.90 Å². The summed E-state index contributed by atoms with van der Waals surface area (Å²) in [6, 6.07) is 25.8. The summed E-state index contributed by atoms with van der Waals surface area (Å²) in [4.78, 5) is 5.20. The van der Waals surface area contributed by atoms with Gasteiger partial charge in [0.05, 0.1) is 10.4 Å². The average molecular weight is 474 g/mol. The fourth-order valence-corrected chi connectivity index (χ4v) is 6.10. The molecule has 0 unspecified atom stereocenters. The van der Waals surface area contributed by atoms with E-state index in [0.717, 1.165) is 62.2 Å². The third kappa shape index (κ3) is 4.61.